The van der Waals surface area contributed by atoms with Gasteiger partial charge in [-0.05, 0) is 29.9 Å². The molecule has 2 amide bonds. The number of thiophene rings is 1. The lowest BCUT2D eigenvalue weighted by molar-refractivity contribution is -0.137. The van der Waals surface area contributed by atoms with Crippen LogP contribution < -0.4 is 10.2 Å². The Morgan fingerprint density at radius 3 is 2.57 bits per heavy atom. The van der Waals surface area contributed by atoms with Crippen LogP contribution in [0.1, 0.15) is 32.6 Å². The van der Waals surface area contributed by atoms with Crippen molar-refractivity contribution >= 4 is 28.2 Å². The van der Waals surface area contributed by atoms with Crippen LogP contribution in [-0.2, 0) is 9.59 Å². The highest BCUT2D eigenvalue weighted by Crippen LogP contribution is 2.31. The second kappa shape index (κ2) is 7.34. The summed E-state index contributed by atoms with van der Waals surface area (Å²) in [6.07, 6.45) is 4.43. The van der Waals surface area contributed by atoms with Crippen molar-refractivity contribution in [3.63, 3.8) is 0 Å². The molecule has 0 bridgehead atoms. The van der Waals surface area contributed by atoms with Crippen LogP contribution in [0.25, 0.3) is 0 Å². The number of hydrogen-bond acceptors (Lipinski definition) is 4. The van der Waals surface area contributed by atoms with Crippen LogP contribution in [0.5, 0.6) is 0 Å². The van der Waals surface area contributed by atoms with Gasteiger partial charge in [0.05, 0.1) is 5.00 Å². The van der Waals surface area contributed by atoms with Gasteiger partial charge in [-0.3, -0.25) is 9.59 Å². The van der Waals surface area contributed by atoms with Gasteiger partial charge >= 0.3 is 0 Å². The van der Waals surface area contributed by atoms with E-state index >= 15 is 0 Å². The minimum Gasteiger partial charge on any atom is -0.360 e. The normalized spacial score (nSPS) is 20.0. The van der Waals surface area contributed by atoms with Crippen molar-refractivity contribution < 1.29 is 9.59 Å². The second-order valence-electron chi connectivity index (χ2n) is 6.55. The summed E-state index contributed by atoms with van der Waals surface area (Å²) in [6.45, 7) is 4.69. The van der Waals surface area contributed by atoms with Crippen molar-refractivity contribution in [2.75, 3.05) is 31.1 Å². The van der Waals surface area contributed by atoms with Gasteiger partial charge in [-0.1, -0.05) is 19.3 Å². The van der Waals surface area contributed by atoms with Crippen LogP contribution in [0, 0.1) is 5.92 Å². The summed E-state index contributed by atoms with van der Waals surface area (Å²) >= 11 is 1.74. The van der Waals surface area contributed by atoms with Gasteiger partial charge in [-0.25, -0.2) is 0 Å². The number of nitrogens with one attached hydrogen (secondary N) is 1. The fourth-order valence-electron chi connectivity index (χ4n) is 3.35. The Hall–Kier alpha value is -1.56. The molecule has 5 nitrogen and oxygen atoms in total. The van der Waals surface area contributed by atoms with Crippen molar-refractivity contribution in [1.29, 1.82) is 0 Å². The number of piperazine rings is 1. The first-order valence-corrected chi connectivity index (χ1v) is 9.36. The van der Waals surface area contributed by atoms with Gasteiger partial charge in [0.25, 0.3) is 0 Å². The zero-order valence-electron chi connectivity index (χ0n) is 13.7. The second-order valence-corrected chi connectivity index (χ2v) is 7.48. The van der Waals surface area contributed by atoms with Crippen LogP contribution >= 0.6 is 11.3 Å². The van der Waals surface area contributed by atoms with E-state index in [1.807, 2.05) is 4.90 Å². The number of carbonyl (C=O) groups excluding carboxylic acids is 2. The molecule has 6 heteroatoms. The standard InChI is InChI=1S/C17H25N3O2S/c1-13(21)18-15(12-14-4-2-5-14)17(22)20-9-7-19(8-10-20)16-6-3-11-23-16/h3,6,11,14-15H,2,4-5,7-10,12H2,1H3,(H,18,21)/t15-/m1/s1. The lowest BCUT2D eigenvalue weighted by Gasteiger charge is -2.38. The predicted octanol–water partition coefficient (Wildman–Crippen LogP) is 2.09. The summed E-state index contributed by atoms with van der Waals surface area (Å²) in [5, 5.41) is 6.22. The number of anilines is 1. The Balaban J connectivity index is 1.56. The number of hydrogen-bond donors (Lipinski definition) is 1. The Morgan fingerprint density at radius 2 is 2.04 bits per heavy atom. The molecule has 1 aromatic heterocycles. The number of rotatable bonds is 5. The topological polar surface area (TPSA) is 52.7 Å². The fourth-order valence-corrected chi connectivity index (χ4v) is 4.13. The molecule has 1 aliphatic heterocycles. The predicted molar refractivity (Wildman–Crippen MR) is 92.7 cm³/mol. The average molecular weight is 335 g/mol. The summed E-state index contributed by atoms with van der Waals surface area (Å²) in [5.74, 6) is 0.584. The molecule has 1 aromatic rings. The van der Waals surface area contributed by atoms with E-state index in [1.165, 1.54) is 31.2 Å². The van der Waals surface area contributed by atoms with Crippen molar-refractivity contribution in [1.82, 2.24) is 10.2 Å². The Bertz CT molecular complexity index is 534. The molecule has 0 radical (unpaired) electrons. The zero-order chi connectivity index (χ0) is 16.2. The lowest BCUT2D eigenvalue weighted by atomic mass is 9.80. The van der Waals surface area contributed by atoms with Crippen LogP contribution in [0.15, 0.2) is 17.5 Å². The molecule has 23 heavy (non-hydrogen) atoms. The SMILES string of the molecule is CC(=O)N[C@H](CC1CCC1)C(=O)N1CCN(c2cccs2)CC1. The molecule has 0 aromatic carbocycles. The quantitative estimate of drug-likeness (QED) is 0.896. The molecular weight excluding hydrogens is 310 g/mol. The highest BCUT2D eigenvalue weighted by Gasteiger charge is 2.31. The third kappa shape index (κ3) is 4.05. The van der Waals surface area contributed by atoms with Gasteiger partial charge in [0, 0.05) is 33.1 Å². The van der Waals surface area contributed by atoms with E-state index in [9.17, 15) is 9.59 Å². The van der Waals surface area contributed by atoms with Gasteiger partial charge in [0.15, 0.2) is 0 Å². The molecular formula is C17H25N3O2S. The minimum absolute atomic E-state index is 0.0953. The maximum absolute atomic E-state index is 12.8. The van der Waals surface area contributed by atoms with E-state index in [-0.39, 0.29) is 17.9 Å². The van der Waals surface area contributed by atoms with Crippen molar-refractivity contribution in [2.45, 2.75) is 38.6 Å². The maximum Gasteiger partial charge on any atom is 0.245 e. The summed E-state index contributed by atoms with van der Waals surface area (Å²) in [7, 11) is 0. The Labute approximate surface area is 141 Å². The molecule has 0 spiro atoms. The summed E-state index contributed by atoms with van der Waals surface area (Å²) in [6, 6.07) is 3.84. The molecule has 1 saturated heterocycles. The van der Waals surface area contributed by atoms with Gasteiger partial charge in [0.1, 0.15) is 6.04 Å². The Kier molecular flexibility index (Phi) is 5.20. The molecule has 1 atom stereocenters. The minimum atomic E-state index is -0.342. The van der Waals surface area contributed by atoms with E-state index < -0.39 is 0 Å². The molecule has 0 unspecified atom stereocenters. The third-order valence-electron chi connectivity index (χ3n) is 4.88. The molecule has 3 rings (SSSR count). The highest BCUT2D eigenvalue weighted by molar-refractivity contribution is 7.14. The van der Waals surface area contributed by atoms with Crippen molar-refractivity contribution in [2.24, 2.45) is 5.92 Å². The zero-order valence-corrected chi connectivity index (χ0v) is 14.5. The molecule has 2 aliphatic rings. The monoisotopic (exact) mass is 335 g/mol. The summed E-state index contributed by atoms with van der Waals surface area (Å²) in [4.78, 5) is 28.5. The largest absolute Gasteiger partial charge is 0.360 e. The summed E-state index contributed by atoms with van der Waals surface area (Å²) < 4.78 is 0. The fraction of sp³-hybridized carbons (Fsp3) is 0.647. The third-order valence-corrected chi connectivity index (χ3v) is 5.81. The first kappa shape index (κ1) is 16.3. The van der Waals surface area contributed by atoms with E-state index in [1.54, 1.807) is 11.3 Å². The van der Waals surface area contributed by atoms with Gasteiger partial charge in [0.2, 0.25) is 11.8 Å². The smallest absolute Gasteiger partial charge is 0.245 e. The average Bonchev–Trinajstić information content (AvgIpc) is 3.03. The van der Waals surface area contributed by atoms with Crippen molar-refractivity contribution in [3.8, 4) is 0 Å². The summed E-state index contributed by atoms with van der Waals surface area (Å²) in [5.41, 5.74) is 0. The van der Waals surface area contributed by atoms with Gasteiger partial charge < -0.3 is 15.1 Å². The van der Waals surface area contributed by atoms with E-state index in [2.05, 4.69) is 27.7 Å². The molecule has 1 N–H and O–H groups in total. The number of amides is 2. The molecule has 1 aliphatic carbocycles. The number of carbonyl (C=O) groups is 2. The molecule has 126 valence electrons. The maximum atomic E-state index is 12.8. The van der Waals surface area contributed by atoms with Crippen molar-refractivity contribution in [3.05, 3.63) is 17.5 Å². The van der Waals surface area contributed by atoms with E-state index in [0.717, 1.165) is 32.6 Å². The van der Waals surface area contributed by atoms with Gasteiger partial charge in [-0.2, -0.15) is 0 Å². The van der Waals surface area contributed by atoms with Crippen LogP contribution in [-0.4, -0.2) is 48.9 Å². The molecule has 2 heterocycles. The van der Waals surface area contributed by atoms with Crippen LogP contribution in [0.3, 0.4) is 0 Å². The Morgan fingerprint density at radius 1 is 1.30 bits per heavy atom. The van der Waals surface area contributed by atoms with E-state index in [0.29, 0.717) is 5.92 Å². The number of nitrogens with zero attached hydrogens (tertiary/aromatic N) is 2. The first-order valence-electron chi connectivity index (χ1n) is 8.48. The molecule has 2 fully saturated rings. The van der Waals surface area contributed by atoms with Crippen LogP contribution in [0.2, 0.25) is 0 Å². The molecule has 1 saturated carbocycles. The first-order chi connectivity index (χ1) is 11.1. The van der Waals surface area contributed by atoms with Crippen LogP contribution in [0.4, 0.5) is 5.00 Å². The lowest BCUT2D eigenvalue weighted by Crippen LogP contribution is -2.55. The van der Waals surface area contributed by atoms with Gasteiger partial charge in [-0.15, -0.1) is 11.3 Å². The highest BCUT2D eigenvalue weighted by atomic mass is 32.1. The van der Waals surface area contributed by atoms with E-state index in [4.69, 9.17) is 0 Å².